The lowest BCUT2D eigenvalue weighted by atomic mass is 10.2. The average Bonchev–Trinajstić information content (AvgIpc) is 2.78. The molecule has 0 bridgehead atoms. The third-order valence-electron chi connectivity index (χ3n) is 2.76. The summed E-state index contributed by atoms with van der Waals surface area (Å²) in [5.41, 5.74) is 7.48. The standard InChI is InChI=1S/C11H16N2O2S2/c1-9-3-2-4-13(7-9)17(14,15)11-5-10(6-12)8-16-11/h3,5,8H,2,4,6-7,12H2,1H3. The van der Waals surface area contributed by atoms with Gasteiger partial charge in [0.2, 0.25) is 0 Å². The molecular formula is C11H16N2O2S2. The summed E-state index contributed by atoms with van der Waals surface area (Å²) in [5.74, 6) is 0. The van der Waals surface area contributed by atoms with Gasteiger partial charge in [0.1, 0.15) is 4.21 Å². The van der Waals surface area contributed by atoms with E-state index in [4.69, 9.17) is 5.73 Å². The third kappa shape index (κ3) is 2.60. The molecule has 0 radical (unpaired) electrons. The van der Waals surface area contributed by atoms with Crippen LogP contribution in [0.3, 0.4) is 0 Å². The van der Waals surface area contributed by atoms with Gasteiger partial charge in [-0.05, 0) is 30.4 Å². The van der Waals surface area contributed by atoms with Gasteiger partial charge in [-0.15, -0.1) is 11.3 Å². The maximum atomic E-state index is 12.3. The van der Waals surface area contributed by atoms with E-state index in [1.807, 2.05) is 6.92 Å². The second kappa shape index (κ2) is 4.89. The Morgan fingerprint density at radius 1 is 1.53 bits per heavy atom. The van der Waals surface area contributed by atoms with Crippen LogP contribution in [0.15, 0.2) is 27.3 Å². The summed E-state index contributed by atoms with van der Waals surface area (Å²) in [6.07, 6.45) is 2.88. The van der Waals surface area contributed by atoms with Crippen molar-refractivity contribution in [1.82, 2.24) is 4.31 Å². The molecule has 0 amide bonds. The van der Waals surface area contributed by atoms with Crippen LogP contribution in [0.2, 0.25) is 0 Å². The minimum Gasteiger partial charge on any atom is -0.326 e. The fourth-order valence-corrected chi connectivity index (χ4v) is 4.68. The quantitative estimate of drug-likeness (QED) is 0.849. The van der Waals surface area contributed by atoms with Crippen LogP contribution < -0.4 is 5.73 Å². The van der Waals surface area contributed by atoms with E-state index >= 15 is 0 Å². The van der Waals surface area contributed by atoms with Crippen LogP contribution in [-0.2, 0) is 16.6 Å². The van der Waals surface area contributed by atoms with Crippen molar-refractivity contribution in [2.75, 3.05) is 13.1 Å². The number of nitrogens with two attached hydrogens (primary N) is 1. The van der Waals surface area contributed by atoms with E-state index in [0.717, 1.165) is 17.6 Å². The first-order valence-electron chi connectivity index (χ1n) is 5.47. The van der Waals surface area contributed by atoms with Crippen LogP contribution in [0.25, 0.3) is 0 Å². The highest BCUT2D eigenvalue weighted by molar-refractivity contribution is 7.91. The van der Waals surface area contributed by atoms with Gasteiger partial charge in [0, 0.05) is 19.6 Å². The van der Waals surface area contributed by atoms with Crippen LogP contribution >= 0.6 is 11.3 Å². The summed E-state index contributed by atoms with van der Waals surface area (Å²) in [6, 6.07) is 1.67. The van der Waals surface area contributed by atoms with Crippen molar-refractivity contribution in [2.24, 2.45) is 5.73 Å². The molecule has 4 nitrogen and oxygen atoms in total. The molecule has 0 saturated heterocycles. The van der Waals surface area contributed by atoms with Gasteiger partial charge in [0.25, 0.3) is 10.0 Å². The smallest absolute Gasteiger partial charge is 0.252 e. The zero-order valence-corrected chi connectivity index (χ0v) is 11.4. The van der Waals surface area contributed by atoms with Gasteiger partial charge in [-0.1, -0.05) is 11.6 Å². The molecule has 1 aromatic heterocycles. The van der Waals surface area contributed by atoms with Crippen LogP contribution in [-0.4, -0.2) is 25.8 Å². The molecule has 94 valence electrons. The minimum absolute atomic E-state index is 0.380. The monoisotopic (exact) mass is 272 g/mol. The van der Waals surface area contributed by atoms with E-state index in [1.54, 1.807) is 11.4 Å². The van der Waals surface area contributed by atoms with Crippen LogP contribution in [0, 0.1) is 0 Å². The van der Waals surface area contributed by atoms with Gasteiger partial charge >= 0.3 is 0 Å². The molecular weight excluding hydrogens is 256 g/mol. The Kier molecular flexibility index (Phi) is 3.67. The molecule has 6 heteroatoms. The predicted octanol–water partition coefficient (Wildman–Crippen LogP) is 1.55. The van der Waals surface area contributed by atoms with Crippen molar-refractivity contribution >= 4 is 21.4 Å². The van der Waals surface area contributed by atoms with Gasteiger partial charge in [0.05, 0.1) is 0 Å². The minimum atomic E-state index is -3.33. The van der Waals surface area contributed by atoms with Crippen molar-refractivity contribution in [3.63, 3.8) is 0 Å². The van der Waals surface area contributed by atoms with Crippen molar-refractivity contribution in [3.8, 4) is 0 Å². The largest absolute Gasteiger partial charge is 0.326 e. The van der Waals surface area contributed by atoms with Gasteiger partial charge in [-0.3, -0.25) is 0 Å². The lowest BCUT2D eigenvalue weighted by molar-refractivity contribution is 0.429. The fraction of sp³-hybridized carbons (Fsp3) is 0.455. The first-order valence-corrected chi connectivity index (χ1v) is 7.79. The van der Waals surface area contributed by atoms with Crippen LogP contribution in [0.5, 0.6) is 0 Å². The number of hydrogen-bond donors (Lipinski definition) is 1. The average molecular weight is 272 g/mol. The molecule has 0 saturated carbocycles. The Hall–Kier alpha value is -0.690. The number of rotatable bonds is 3. The zero-order valence-electron chi connectivity index (χ0n) is 9.72. The molecule has 0 aliphatic carbocycles. The highest BCUT2D eigenvalue weighted by atomic mass is 32.2. The molecule has 1 aliphatic heterocycles. The summed E-state index contributed by atoms with van der Waals surface area (Å²) in [7, 11) is -3.33. The summed E-state index contributed by atoms with van der Waals surface area (Å²) in [6.45, 7) is 3.40. The molecule has 1 aromatic rings. The third-order valence-corrected chi connectivity index (χ3v) is 6.07. The molecule has 0 aromatic carbocycles. The molecule has 0 atom stereocenters. The first kappa shape index (κ1) is 12.8. The van der Waals surface area contributed by atoms with Crippen LogP contribution in [0.1, 0.15) is 18.9 Å². The molecule has 1 aliphatic rings. The first-order chi connectivity index (χ1) is 8.04. The number of hydrogen-bond acceptors (Lipinski definition) is 4. The lowest BCUT2D eigenvalue weighted by Gasteiger charge is -2.24. The molecule has 2 rings (SSSR count). The molecule has 0 spiro atoms. The maximum Gasteiger partial charge on any atom is 0.252 e. The summed E-state index contributed by atoms with van der Waals surface area (Å²) >= 11 is 1.25. The van der Waals surface area contributed by atoms with Crippen LogP contribution in [0.4, 0.5) is 0 Å². The summed E-state index contributed by atoms with van der Waals surface area (Å²) < 4.78 is 26.6. The Morgan fingerprint density at radius 3 is 2.88 bits per heavy atom. The molecule has 2 heterocycles. The highest BCUT2D eigenvalue weighted by Gasteiger charge is 2.27. The summed E-state index contributed by atoms with van der Waals surface area (Å²) in [4.78, 5) is 0. The number of sulfonamides is 1. The van der Waals surface area contributed by atoms with Crippen molar-refractivity contribution in [3.05, 3.63) is 28.7 Å². The van der Waals surface area contributed by atoms with E-state index in [-0.39, 0.29) is 0 Å². The fourth-order valence-electron chi connectivity index (χ4n) is 1.80. The van der Waals surface area contributed by atoms with E-state index in [9.17, 15) is 8.42 Å². The Labute approximate surface area is 106 Å². The Bertz CT molecular complexity index is 531. The normalized spacial score (nSPS) is 18.1. The van der Waals surface area contributed by atoms with Crippen molar-refractivity contribution in [1.29, 1.82) is 0 Å². The molecule has 17 heavy (non-hydrogen) atoms. The van der Waals surface area contributed by atoms with Crippen molar-refractivity contribution < 1.29 is 8.42 Å². The van der Waals surface area contributed by atoms with E-state index < -0.39 is 10.0 Å². The van der Waals surface area contributed by atoms with Gasteiger partial charge in [-0.2, -0.15) is 4.31 Å². The molecule has 2 N–H and O–H groups in total. The maximum absolute atomic E-state index is 12.3. The second-order valence-electron chi connectivity index (χ2n) is 4.16. The predicted molar refractivity (Wildman–Crippen MR) is 69.3 cm³/mol. The topological polar surface area (TPSA) is 63.4 Å². The second-order valence-corrected chi connectivity index (χ2v) is 7.23. The zero-order chi connectivity index (χ0) is 12.5. The van der Waals surface area contributed by atoms with Gasteiger partial charge in [0.15, 0.2) is 0 Å². The highest BCUT2D eigenvalue weighted by Crippen LogP contribution is 2.25. The Balaban J connectivity index is 2.27. The van der Waals surface area contributed by atoms with Gasteiger partial charge in [-0.25, -0.2) is 8.42 Å². The lowest BCUT2D eigenvalue weighted by Crippen LogP contribution is -2.34. The van der Waals surface area contributed by atoms with Gasteiger partial charge < -0.3 is 5.73 Å². The van der Waals surface area contributed by atoms with E-state index in [2.05, 4.69) is 6.08 Å². The SMILES string of the molecule is CC1=CCCN(S(=O)(=O)c2cc(CN)cs2)C1. The van der Waals surface area contributed by atoms with E-state index in [1.165, 1.54) is 15.6 Å². The Morgan fingerprint density at radius 2 is 2.29 bits per heavy atom. The number of nitrogens with zero attached hydrogens (tertiary/aromatic N) is 1. The van der Waals surface area contributed by atoms with E-state index in [0.29, 0.717) is 23.8 Å². The molecule has 0 unspecified atom stereocenters. The number of thiophene rings is 1. The van der Waals surface area contributed by atoms with Crippen molar-refractivity contribution in [2.45, 2.75) is 24.1 Å². The molecule has 0 fully saturated rings. The summed E-state index contributed by atoms with van der Waals surface area (Å²) in [5, 5.41) is 1.81.